The van der Waals surface area contributed by atoms with Gasteiger partial charge in [-0.25, -0.2) is 0 Å². The molecular weight excluding hydrogens is 350 g/mol. The van der Waals surface area contributed by atoms with Crippen molar-refractivity contribution in [3.63, 3.8) is 0 Å². The predicted molar refractivity (Wildman–Crippen MR) is 110 cm³/mol. The summed E-state index contributed by atoms with van der Waals surface area (Å²) in [5, 5.41) is 9.54. The Labute approximate surface area is 164 Å². The van der Waals surface area contributed by atoms with E-state index < -0.39 is 0 Å². The first kappa shape index (κ1) is 18.0. The molecule has 0 atom stereocenters. The van der Waals surface area contributed by atoms with Gasteiger partial charge < -0.3 is 14.0 Å². The highest BCUT2D eigenvalue weighted by molar-refractivity contribution is 5.88. The lowest BCUT2D eigenvalue weighted by Gasteiger charge is -2.12. The average Bonchev–Trinajstić information content (AvgIpc) is 2.99. The summed E-state index contributed by atoms with van der Waals surface area (Å²) in [7, 11) is 1.66. The van der Waals surface area contributed by atoms with E-state index in [0.717, 1.165) is 28.8 Å². The molecule has 0 saturated heterocycles. The van der Waals surface area contributed by atoms with Gasteiger partial charge in [0.2, 0.25) is 0 Å². The van der Waals surface area contributed by atoms with Crippen molar-refractivity contribution in [2.24, 2.45) is 0 Å². The fraction of sp³-hybridized carbons (Fsp3) is 0.217. The SMILES string of the molecule is COc1ccc(COc2nncc3c(C)c(C)n(Cc4ccccc4)c23)cc1. The Bertz CT molecular complexity index is 1090. The Morgan fingerprint density at radius 3 is 2.39 bits per heavy atom. The van der Waals surface area contributed by atoms with Gasteiger partial charge in [-0.1, -0.05) is 42.5 Å². The number of hydrogen-bond acceptors (Lipinski definition) is 4. The van der Waals surface area contributed by atoms with Crippen molar-refractivity contribution in [3.8, 4) is 11.6 Å². The van der Waals surface area contributed by atoms with Crippen LogP contribution in [0.25, 0.3) is 10.9 Å². The molecule has 2 aromatic carbocycles. The van der Waals surface area contributed by atoms with Gasteiger partial charge in [-0.3, -0.25) is 0 Å². The molecule has 2 aromatic heterocycles. The fourth-order valence-corrected chi connectivity index (χ4v) is 3.40. The van der Waals surface area contributed by atoms with Gasteiger partial charge in [0.25, 0.3) is 5.88 Å². The van der Waals surface area contributed by atoms with E-state index in [2.05, 4.69) is 52.9 Å². The van der Waals surface area contributed by atoms with Crippen LogP contribution in [0, 0.1) is 13.8 Å². The van der Waals surface area contributed by atoms with Crippen LogP contribution in [0.3, 0.4) is 0 Å². The fourth-order valence-electron chi connectivity index (χ4n) is 3.40. The van der Waals surface area contributed by atoms with Crippen molar-refractivity contribution in [3.05, 3.63) is 83.2 Å². The maximum Gasteiger partial charge on any atom is 0.258 e. The molecule has 0 N–H and O–H groups in total. The van der Waals surface area contributed by atoms with Crippen molar-refractivity contribution in [2.75, 3.05) is 7.11 Å². The summed E-state index contributed by atoms with van der Waals surface area (Å²) in [4.78, 5) is 0. The third-order valence-electron chi connectivity index (χ3n) is 5.13. The Hall–Kier alpha value is -3.34. The van der Waals surface area contributed by atoms with Crippen LogP contribution in [0.1, 0.15) is 22.4 Å². The first-order valence-corrected chi connectivity index (χ1v) is 9.28. The number of aryl methyl sites for hydroxylation is 1. The number of rotatable bonds is 6. The lowest BCUT2D eigenvalue weighted by Crippen LogP contribution is -2.05. The minimum atomic E-state index is 0.423. The normalized spacial score (nSPS) is 11.0. The van der Waals surface area contributed by atoms with E-state index in [1.54, 1.807) is 7.11 Å². The van der Waals surface area contributed by atoms with Crippen LogP contribution in [-0.4, -0.2) is 21.9 Å². The van der Waals surface area contributed by atoms with Crippen molar-refractivity contribution in [2.45, 2.75) is 27.0 Å². The Morgan fingerprint density at radius 2 is 1.68 bits per heavy atom. The third-order valence-corrected chi connectivity index (χ3v) is 5.13. The van der Waals surface area contributed by atoms with E-state index in [4.69, 9.17) is 9.47 Å². The zero-order valence-corrected chi connectivity index (χ0v) is 16.3. The maximum absolute atomic E-state index is 6.09. The zero-order valence-electron chi connectivity index (χ0n) is 16.3. The van der Waals surface area contributed by atoms with E-state index in [0.29, 0.717) is 12.5 Å². The van der Waals surface area contributed by atoms with Crippen LogP contribution in [-0.2, 0) is 13.2 Å². The second-order valence-electron chi connectivity index (χ2n) is 6.83. The minimum Gasteiger partial charge on any atom is -0.497 e. The van der Waals surface area contributed by atoms with Crippen LogP contribution < -0.4 is 9.47 Å². The highest BCUT2D eigenvalue weighted by atomic mass is 16.5. The Balaban J connectivity index is 1.68. The molecule has 0 spiro atoms. The number of benzene rings is 2. The molecule has 0 fully saturated rings. The molecule has 0 aliphatic carbocycles. The van der Waals surface area contributed by atoms with Gasteiger partial charge in [0.05, 0.1) is 13.3 Å². The standard InChI is InChI=1S/C23H23N3O2/c1-16-17(2)26(14-18-7-5-4-6-8-18)22-21(16)13-24-25-23(22)28-15-19-9-11-20(27-3)12-10-19/h4-13H,14-15H2,1-3H3. The van der Waals surface area contributed by atoms with Crippen LogP contribution in [0.2, 0.25) is 0 Å². The quantitative estimate of drug-likeness (QED) is 0.492. The third kappa shape index (κ3) is 3.43. The highest BCUT2D eigenvalue weighted by Crippen LogP contribution is 2.31. The molecule has 0 radical (unpaired) electrons. The molecule has 0 bridgehead atoms. The number of nitrogens with zero attached hydrogens (tertiary/aromatic N) is 3. The summed E-state index contributed by atoms with van der Waals surface area (Å²) in [6.07, 6.45) is 1.82. The van der Waals surface area contributed by atoms with E-state index in [1.807, 2.05) is 36.5 Å². The van der Waals surface area contributed by atoms with Gasteiger partial charge in [0, 0.05) is 17.6 Å². The molecule has 0 saturated carbocycles. The molecule has 5 nitrogen and oxygen atoms in total. The van der Waals surface area contributed by atoms with Gasteiger partial charge >= 0.3 is 0 Å². The van der Waals surface area contributed by atoms with Crippen LogP contribution in [0.5, 0.6) is 11.6 Å². The first-order chi connectivity index (χ1) is 13.7. The monoisotopic (exact) mass is 373 g/mol. The Morgan fingerprint density at radius 1 is 0.929 bits per heavy atom. The van der Waals surface area contributed by atoms with Crippen molar-refractivity contribution in [1.29, 1.82) is 0 Å². The smallest absolute Gasteiger partial charge is 0.258 e. The van der Waals surface area contributed by atoms with Crippen LogP contribution in [0.15, 0.2) is 60.8 Å². The summed E-state index contributed by atoms with van der Waals surface area (Å²) in [6.45, 7) is 5.44. The molecule has 0 aliphatic heterocycles. The van der Waals surface area contributed by atoms with Gasteiger partial charge in [-0.2, -0.15) is 5.10 Å². The molecule has 2 heterocycles. The maximum atomic E-state index is 6.09. The van der Waals surface area contributed by atoms with Crippen molar-refractivity contribution < 1.29 is 9.47 Å². The second-order valence-corrected chi connectivity index (χ2v) is 6.83. The van der Waals surface area contributed by atoms with Gasteiger partial charge in [0.1, 0.15) is 17.9 Å². The highest BCUT2D eigenvalue weighted by Gasteiger charge is 2.17. The molecule has 28 heavy (non-hydrogen) atoms. The molecule has 0 unspecified atom stereocenters. The lowest BCUT2D eigenvalue weighted by atomic mass is 10.2. The Kier molecular flexibility index (Phi) is 4.98. The summed E-state index contributed by atoms with van der Waals surface area (Å²) in [5.41, 5.74) is 5.68. The van der Waals surface area contributed by atoms with Crippen molar-refractivity contribution >= 4 is 10.9 Å². The predicted octanol–water partition coefficient (Wildman–Crippen LogP) is 4.68. The molecule has 142 valence electrons. The summed E-state index contributed by atoms with van der Waals surface area (Å²) >= 11 is 0. The largest absolute Gasteiger partial charge is 0.497 e. The van der Waals surface area contributed by atoms with Crippen LogP contribution in [0.4, 0.5) is 0 Å². The van der Waals surface area contributed by atoms with Crippen LogP contribution >= 0.6 is 0 Å². The van der Waals surface area contributed by atoms with Gasteiger partial charge in [-0.05, 0) is 42.7 Å². The topological polar surface area (TPSA) is 49.2 Å². The molecule has 0 amide bonds. The number of ether oxygens (including phenoxy) is 2. The van der Waals surface area contributed by atoms with Gasteiger partial charge in [0.15, 0.2) is 0 Å². The molecule has 4 aromatic rings. The summed E-state index contributed by atoms with van der Waals surface area (Å²) < 4.78 is 13.6. The number of aromatic nitrogens is 3. The van der Waals surface area contributed by atoms with E-state index >= 15 is 0 Å². The lowest BCUT2D eigenvalue weighted by molar-refractivity contribution is 0.293. The number of methoxy groups -OCH3 is 1. The molecule has 5 heteroatoms. The first-order valence-electron chi connectivity index (χ1n) is 9.28. The van der Waals surface area contributed by atoms with E-state index in [1.165, 1.54) is 16.8 Å². The molecule has 4 rings (SSSR count). The summed E-state index contributed by atoms with van der Waals surface area (Å²) in [6, 6.07) is 18.3. The second kappa shape index (κ2) is 7.72. The minimum absolute atomic E-state index is 0.423. The van der Waals surface area contributed by atoms with Gasteiger partial charge in [-0.15, -0.1) is 5.10 Å². The number of fused-ring (bicyclic) bond motifs is 1. The number of hydrogen-bond donors (Lipinski definition) is 0. The molecular formula is C23H23N3O2. The average molecular weight is 373 g/mol. The summed E-state index contributed by atoms with van der Waals surface area (Å²) in [5.74, 6) is 1.38. The molecule has 0 aliphatic rings. The zero-order chi connectivity index (χ0) is 19.5. The van der Waals surface area contributed by atoms with E-state index in [-0.39, 0.29) is 0 Å². The van der Waals surface area contributed by atoms with E-state index in [9.17, 15) is 0 Å². The van der Waals surface area contributed by atoms with Crippen molar-refractivity contribution in [1.82, 2.24) is 14.8 Å².